The van der Waals surface area contributed by atoms with Crippen LogP contribution in [0.2, 0.25) is 0 Å². The first-order chi connectivity index (χ1) is 9.78. The molecule has 1 saturated heterocycles. The largest absolute Gasteiger partial charge is 0.462 e. The highest BCUT2D eigenvalue weighted by Gasteiger charge is 2.27. The summed E-state index contributed by atoms with van der Waals surface area (Å²) >= 11 is 1.39. The van der Waals surface area contributed by atoms with Crippen molar-refractivity contribution >= 4 is 17.2 Å². The predicted octanol–water partition coefficient (Wildman–Crippen LogP) is 2.08. The number of amides is 1. The van der Waals surface area contributed by atoms with Gasteiger partial charge in [0.05, 0.1) is 12.5 Å². The van der Waals surface area contributed by atoms with Gasteiger partial charge in [0.1, 0.15) is 4.88 Å². The zero-order valence-electron chi connectivity index (χ0n) is 11.3. The lowest BCUT2D eigenvalue weighted by Crippen LogP contribution is -2.29. The predicted molar refractivity (Wildman–Crippen MR) is 77.8 cm³/mol. The number of likely N-dealkylation sites (tertiary alicyclic amines) is 1. The summed E-state index contributed by atoms with van der Waals surface area (Å²) in [5.41, 5.74) is 0. The molecule has 0 spiro atoms. The Morgan fingerprint density at radius 1 is 1.65 bits per heavy atom. The lowest BCUT2D eigenvalue weighted by Gasteiger charge is -2.15. The van der Waals surface area contributed by atoms with Gasteiger partial charge in [-0.3, -0.25) is 4.79 Å². The second kappa shape index (κ2) is 5.76. The Labute approximate surface area is 121 Å². The fourth-order valence-electron chi connectivity index (χ4n) is 2.52. The molecule has 0 radical (unpaired) electrons. The zero-order chi connectivity index (χ0) is 13.9. The molecule has 6 heteroatoms. The van der Waals surface area contributed by atoms with Crippen LogP contribution in [0, 0.1) is 5.92 Å². The van der Waals surface area contributed by atoms with E-state index in [-0.39, 0.29) is 5.91 Å². The van der Waals surface area contributed by atoms with Gasteiger partial charge in [0.25, 0.3) is 5.91 Å². The smallest absolute Gasteiger partial charge is 0.265 e. The van der Waals surface area contributed by atoms with Crippen LogP contribution in [0.1, 0.15) is 16.1 Å². The van der Waals surface area contributed by atoms with E-state index in [1.165, 1.54) is 11.3 Å². The number of hydrogen-bond donors (Lipinski definition) is 1. The lowest BCUT2D eigenvalue weighted by atomic mass is 10.1. The van der Waals surface area contributed by atoms with Crippen LogP contribution in [0.5, 0.6) is 0 Å². The summed E-state index contributed by atoms with van der Waals surface area (Å²) in [4.78, 5) is 19.3. The molecule has 1 N–H and O–H groups in total. The number of rotatable bonds is 4. The summed E-state index contributed by atoms with van der Waals surface area (Å²) in [6, 6.07) is 3.67. The summed E-state index contributed by atoms with van der Waals surface area (Å²) < 4.78 is 5.30. The molecular weight excluding hydrogens is 274 g/mol. The van der Waals surface area contributed by atoms with Gasteiger partial charge in [-0.2, -0.15) is 0 Å². The molecule has 5 nitrogen and oxygen atoms in total. The fraction of sp³-hybridized carbons (Fsp3) is 0.429. The Kier molecular flexibility index (Phi) is 3.84. The molecule has 1 unspecified atom stereocenters. The molecule has 0 aliphatic carbocycles. The van der Waals surface area contributed by atoms with Gasteiger partial charge < -0.3 is 14.6 Å². The van der Waals surface area contributed by atoms with E-state index in [0.717, 1.165) is 31.1 Å². The number of furan rings is 1. The van der Waals surface area contributed by atoms with E-state index in [2.05, 4.69) is 10.3 Å². The number of aromatic nitrogens is 1. The number of thiazole rings is 1. The van der Waals surface area contributed by atoms with Crippen molar-refractivity contribution in [2.45, 2.75) is 6.42 Å². The van der Waals surface area contributed by atoms with Crippen molar-refractivity contribution in [2.75, 3.05) is 26.7 Å². The molecule has 0 saturated carbocycles. The summed E-state index contributed by atoms with van der Waals surface area (Å²) in [7, 11) is 1.95. The molecule has 106 valence electrons. The van der Waals surface area contributed by atoms with Crippen LogP contribution in [-0.2, 0) is 0 Å². The standard InChI is InChI=1S/C14H17N3O2S/c1-15-7-10-4-5-17(9-10)14(18)12-8-16-13(20-12)11-3-2-6-19-11/h2-3,6,8,10,15H,4-5,7,9H2,1H3. The van der Waals surface area contributed by atoms with Crippen molar-refractivity contribution in [1.29, 1.82) is 0 Å². The highest BCUT2D eigenvalue weighted by molar-refractivity contribution is 7.16. The van der Waals surface area contributed by atoms with Crippen LogP contribution < -0.4 is 5.32 Å². The normalized spacial score (nSPS) is 18.6. The molecule has 2 aromatic heterocycles. The molecular formula is C14H17N3O2S. The maximum atomic E-state index is 12.4. The van der Waals surface area contributed by atoms with E-state index in [4.69, 9.17) is 4.42 Å². The molecule has 1 amide bonds. The van der Waals surface area contributed by atoms with E-state index in [1.807, 2.05) is 24.1 Å². The van der Waals surface area contributed by atoms with Crippen LogP contribution in [0.15, 0.2) is 29.0 Å². The van der Waals surface area contributed by atoms with Gasteiger partial charge in [-0.1, -0.05) is 0 Å². The molecule has 3 heterocycles. The first kappa shape index (κ1) is 13.3. The van der Waals surface area contributed by atoms with Crippen molar-refractivity contribution < 1.29 is 9.21 Å². The number of nitrogens with zero attached hydrogens (tertiary/aromatic N) is 2. The molecule has 20 heavy (non-hydrogen) atoms. The Morgan fingerprint density at radius 3 is 3.30 bits per heavy atom. The molecule has 0 aromatic carbocycles. The Hall–Kier alpha value is -1.66. The third-order valence-corrected chi connectivity index (χ3v) is 4.51. The van der Waals surface area contributed by atoms with Gasteiger partial charge in [0, 0.05) is 13.1 Å². The molecule has 1 atom stereocenters. The van der Waals surface area contributed by atoms with Crippen molar-refractivity contribution in [1.82, 2.24) is 15.2 Å². The van der Waals surface area contributed by atoms with Crippen molar-refractivity contribution in [2.24, 2.45) is 5.92 Å². The third kappa shape index (κ3) is 2.62. The summed E-state index contributed by atoms with van der Waals surface area (Å²) in [6.07, 6.45) is 4.33. The number of nitrogens with one attached hydrogen (secondary N) is 1. The first-order valence-electron chi connectivity index (χ1n) is 6.71. The summed E-state index contributed by atoms with van der Waals surface area (Å²) in [5.74, 6) is 1.35. The van der Waals surface area contributed by atoms with E-state index in [9.17, 15) is 4.79 Å². The summed E-state index contributed by atoms with van der Waals surface area (Å²) in [5, 5.41) is 3.93. The minimum absolute atomic E-state index is 0.0823. The highest BCUT2D eigenvalue weighted by atomic mass is 32.1. The van der Waals surface area contributed by atoms with Gasteiger partial charge in [0.2, 0.25) is 0 Å². The SMILES string of the molecule is CNCC1CCN(C(=O)c2cnc(-c3ccco3)s2)C1. The van der Waals surface area contributed by atoms with Crippen LogP contribution in [0.4, 0.5) is 0 Å². The van der Waals surface area contributed by atoms with E-state index < -0.39 is 0 Å². The molecule has 2 aromatic rings. The molecule has 0 bridgehead atoms. The second-order valence-electron chi connectivity index (χ2n) is 4.97. The van der Waals surface area contributed by atoms with Gasteiger partial charge >= 0.3 is 0 Å². The average Bonchev–Trinajstić information content (AvgIpc) is 3.19. The molecule has 1 fully saturated rings. The van der Waals surface area contributed by atoms with Crippen molar-refractivity contribution in [3.63, 3.8) is 0 Å². The van der Waals surface area contributed by atoms with Crippen LogP contribution in [0.3, 0.4) is 0 Å². The second-order valence-corrected chi connectivity index (χ2v) is 6.00. The number of carbonyl (C=O) groups is 1. The monoisotopic (exact) mass is 291 g/mol. The van der Waals surface area contributed by atoms with Gasteiger partial charge in [-0.05, 0) is 38.1 Å². The third-order valence-electron chi connectivity index (χ3n) is 3.51. The van der Waals surface area contributed by atoms with E-state index >= 15 is 0 Å². The quantitative estimate of drug-likeness (QED) is 0.937. The maximum absolute atomic E-state index is 12.4. The van der Waals surface area contributed by atoms with Crippen molar-refractivity contribution in [3.05, 3.63) is 29.5 Å². The van der Waals surface area contributed by atoms with Crippen molar-refractivity contribution in [3.8, 4) is 10.8 Å². The fourth-order valence-corrected chi connectivity index (χ4v) is 3.37. The van der Waals surface area contributed by atoms with Crippen LogP contribution in [0.25, 0.3) is 10.8 Å². The summed E-state index contributed by atoms with van der Waals surface area (Å²) in [6.45, 7) is 2.62. The van der Waals surface area contributed by atoms with E-state index in [1.54, 1.807) is 12.5 Å². The lowest BCUT2D eigenvalue weighted by molar-refractivity contribution is 0.0791. The van der Waals surface area contributed by atoms with Crippen LogP contribution in [-0.4, -0.2) is 42.5 Å². The minimum atomic E-state index is 0.0823. The maximum Gasteiger partial charge on any atom is 0.265 e. The van der Waals surface area contributed by atoms with E-state index in [0.29, 0.717) is 16.6 Å². The highest BCUT2D eigenvalue weighted by Crippen LogP contribution is 2.27. The number of hydrogen-bond acceptors (Lipinski definition) is 5. The van der Waals surface area contributed by atoms with Crippen LogP contribution >= 0.6 is 11.3 Å². The van der Waals surface area contributed by atoms with Gasteiger partial charge in [-0.15, -0.1) is 11.3 Å². The number of carbonyl (C=O) groups excluding carboxylic acids is 1. The molecule has 1 aliphatic rings. The van der Waals surface area contributed by atoms with Gasteiger partial charge in [0.15, 0.2) is 10.8 Å². The molecule has 1 aliphatic heterocycles. The topological polar surface area (TPSA) is 58.4 Å². The molecule has 3 rings (SSSR count). The Bertz CT molecular complexity index is 579. The average molecular weight is 291 g/mol. The Morgan fingerprint density at radius 2 is 2.55 bits per heavy atom. The van der Waals surface area contributed by atoms with Gasteiger partial charge in [-0.25, -0.2) is 4.98 Å². The first-order valence-corrected chi connectivity index (χ1v) is 7.53. The Balaban J connectivity index is 1.69. The minimum Gasteiger partial charge on any atom is -0.462 e. The zero-order valence-corrected chi connectivity index (χ0v) is 12.2.